The highest BCUT2D eigenvalue weighted by molar-refractivity contribution is 5.86. The minimum absolute atomic E-state index is 0.00997. The van der Waals surface area contributed by atoms with E-state index >= 15 is 0 Å². The molecule has 2 amide bonds. The summed E-state index contributed by atoms with van der Waals surface area (Å²) in [6, 6.07) is 16.4. The fourth-order valence-electron chi connectivity index (χ4n) is 5.39. The number of amides is 2. The predicted octanol–water partition coefficient (Wildman–Crippen LogP) is 4.07. The van der Waals surface area contributed by atoms with Crippen molar-refractivity contribution in [2.24, 2.45) is 10.8 Å². The van der Waals surface area contributed by atoms with Gasteiger partial charge in [-0.25, -0.2) is 4.79 Å². The molecule has 34 heavy (non-hydrogen) atoms. The van der Waals surface area contributed by atoms with Crippen LogP contribution in [0, 0.1) is 10.8 Å². The molecule has 0 bridgehead atoms. The Bertz CT molecular complexity index is 1070. The molecule has 0 aromatic heterocycles. The van der Waals surface area contributed by atoms with Crippen LogP contribution in [-0.4, -0.2) is 42.8 Å². The van der Waals surface area contributed by atoms with Gasteiger partial charge in [0.2, 0.25) is 5.91 Å². The van der Waals surface area contributed by atoms with Gasteiger partial charge in [0.1, 0.15) is 6.61 Å². The molecule has 7 heteroatoms. The molecule has 0 spiro atoms. The summed E-state index contributed by atoms with van der Waals surface area (Å²) >= 11 is 0. The predicted molar refractivity (Wildman–Crippen MR) is 126 cm³/mol. The highest BCUT2D eigenvalue weighted by atomic mass is 16.5. The van der Waals surface area contributed by atoms with Crippen molar-refractivity contribution in [1.82, 2.24) is 10.6 Å². The van der Waals surface area contributed by atoms with E-state index in [-0.39, 0.29) is 36.8 Å². The quantitative estimate of drug-likeness (QED) is 0.521. The number of fused-ring (bicyclic) bond motifs is 3. The highest BCUT2D eigenvalue weighted by Gasteiger charge is 2.51. The number of carboxylic acids is 1. The number of nitrogens with one attached hydrogen (secondary N) is 2. The molecule has 0 saturated heterocycles. The summed E-state index contributed by atoms with van der Waals surface area (Å²) in [7, 11) is 0. The molecule has 0 radical (unpaired) electrons. The summed E-state index contributed by atoms with van der Waals surface area (Å²) in [4.78, 5) is 36.4. The molecule has 7 nitrogen and oxygen atoms in total. The van der Waals surface area contributed by atoms with E-state index in [1.54, 1.807) is 0 Å². The average Bonchev–Trinajstić information content (AvgIpc) is 3.54. The van der Waals surface area contributed by atoms with Gasteiger partial charge in [0.25, 0.3) is 0 Å². The van der Waals surface area contributed by atoms with Crippen molar-refractivity contribution in [3.63, 3.8) is 0 Å². The molecule has 3 aliphatic carbocycles. The first-order valence-electron chi connectivity index (χ1n) is 12.0. The summed E-state index contributed by atoms with van der Waals surface area (Å²) in [6.07, 6.45) is 3.61. The third kappa shape index (κ3) is 4.27. The summed E-state index contributed by atoms with van der Waals surface area (Å²) in [5.41, 5.74) is 3.72. The third-order valence-electron chi connectivity index (χ3n) is 7.81. The molecule has 3 aliphatic rings. The van der Waals surface area contributed by atoms with E-state index in [1.165, 1.54) is 11.1 Å². The zero-order valence-electron chi connectivity index (χ0n) is 19.1. The lowest BCUT2D eigenvalue weighted by atomic mass is 9.66. The Kier molecular flexibility index (Phi) is 5.80. The first-order valence-corrected chi connectivity index (χ1v) is 12.0. The maximum absolute atomic E-state index is 12.8. The number of ether oxygens (including phenoxy) is 1. The number of rotatable bonds is 9. The van der Waals surface area contributed by atoms with Crippen LogP contribution in [0.4, 0.5) is 4.79 Å². The molecule has 2 fully saturated rings. The van der Waals surface area contributed by atoms with Gasteiger partial charge in [-0.1, -0.05) is 55.0 Å². The smallest absolute Gasteiger partial charge is 0.407 e. The van der Waals surface area contributed by atoms with Crippen LogP contribution in [0.2, 0.25) is 0 Å². The lowest BCUT2D eigenvalue weighted by Crippen LogP contribution is -2.47. The SMILES string of the molecule is O=C(O)CC1(CNC(=O)C2(CNC(=O)OCC3c4ccccc4-c4ccccc43)CC2)CCC1. The van der Waals surface area contributed by atoms with Crippen molar-refractivity contribution in [2.45, 2.75) is 44.4 Å². The summed E-state index contributed by atoms with van der Waals surface area (Å²) in [5, 5.41) is 14.9. The Morgan fingerprint density at radius 1 is 0.882 bits per heavy atom. The van der Waals surface area contributed by atoms with Crippen LogP contribution in [0.3, 0.4) is 0 Å². The van der Waals surface area contributed by atoms with Crippen molar-refractivity contribution in [2.75, 3.05) is 19.7 Å². The van der Waals surface area contributed by atoms with Crippen LogP contribution in [0.1, 0.15) is 55.6 Å². The van der Waals surface area contributed by atoms with Crippen molar-refractivity contribution < 1.29 is 24.2 Å². The fourth-order valence-corrected chi connectivity index (χ4v) is 5.39. The standard InChI is InChI=1S/C27H30N2O5/c30-23(31)14-26(10-5-11-26)16-28-24(32)27(12-13-27)17-29-25(33)34-15-22-20-8-3-1-6-18(20)19-7-2-4-9-21(19)22/h1-4,6-9,22H,5,10-17H2,(H,28,32)(H,29,33)(H,30,31). The average molecular weight is 463 g/mol. The molecule has 2 aromatic rings. The minimum atomic E-state index is -0.827. The summed E-state index contributed by atoms with van der Waals surface area (Å²) in [6.45, 7) is 0.836. The molecule has 178 valence electrons. The monoisotopic (exact) mass is 462 g/mol. The van der Waals surface area contributed by atoms with Gasteiger partial charge in [0, 0.05) is 19.0 Å². The van der Waals surface area contributed by atoms with E-state index in [2.05, 4.69) is 34.9 Å². The lowest BCUT2D eigenvalue weighted by Gasteiger charge is -2.41. The highest BCUT2D eigenvalue weighted by Crippen LogP contribution is 2.47. The van der Waals surface area contributed by atoms with Crippen LogP contribution in [-0.2, 0) is 14.3 Å². The van der Waals surface area contributed by atoms with E-state index < -0.39 is 17.5 Å². The van der Waals surface area contributed by atoms with Crippen molar-refractivity contribution in [3.05, 3.63) is 59.7 Å². The van der Waals surface area contributed by atoms with Crippen molar-refractivity contribution in [1.29, 1.82) is 0 Å². The number of benzene rings is 2. The van der Waals surface area contributed by atoms with Crippen molar-refractivity contribution in [3.8, 4) is 11.1 Å². The van der Waals surface area contributed by atoms with E-state index in [0.717, 1.165) is 30.4 Å². The van der Waals surface area contributed by atoms with Gasteiger partial charge >= 0.3 is 12.1 Å². The molecule has 0 atom stereocenters. The Labute approximate surface area is 198 Å². The largest absolute Gasteiger partial charge is 0.481 e. The van der Waals surface area contributed by atoms with Crippen LogP contribution in [0.5, 0.6) is 0 Å². The van der Waals surface area contributed by atoms with E-state index in [1.807, 2.05) is 24.3 Å². The van der Waals surface area contributed by atoms with E-state index in [9.17, 15) is 14.4 Å². The van der Waals surface area contributed by atoms with Gasteiger partial charge in [-0.05, 0) is 53.4 Å². The molecule has 0 heterocycles. The van der Waals surface area contributed by atoms with Gasteiger partial charge < -0.3 is 20.5 Å². The number of hydrogen-bond donors (Lipinski definition) is 3. The molecule has 0 aliphatic heterocycles. The van der Waals surface area contributed by atoms with Gasteiger partial charge in [-0.15, -0.1) is 0 Å². The Morgan fingerprint density at radius 2 is 1.50 bits per heavy atom. The zero-order valence-corrected chi connectivity index (χ0v) is 19.1. The molecular formula is C27H30N2O5. The first kappa shape index (κ1) is 22.4. The maximum Gasteiger partial charge on any atom is 0.407 e. The van der Waals surface area contributed by atoms with Crippen LogP contribution in [0.25, 0.3) is 11.1 Å². The van der Waals surface area contributed by atoms with Gasteiger partial charge in [0.05, 0.1) is 11.8 Å². The van der Waals surface area contributed by atoms with Crippen LogP contribution in [0.15, 0.2) is 48.5 Å². The molecule has 2 saturated carbocycles. The Balaban J connectivity index is 1.13. The first-order chi connectivity index (χ1) is 16.4. The van der Waals surface area contributed by atoms with Crippen molar-refractivity contribution >= 4 is 18.0 Å². The lowest BCUT2D eigenvalue weighted by molar-refractivity contribution is -0.142. The Morgan fingerprint density at radius 3 is 2.03 bits per heavy atom. The summed E-state index contributed by atoms with van der Waals surface area (Å²) < 4.78 is 5.58. The van der Waals surface area contributed by atoms with Gasteiger partial charge in [-0.2, -0.15) is 0 Å². The molecule has 5 rings (SSSR count). The Hall–Kier alpha value is -3.35. The zero-order chi connectivity index (χ0) is 23.8. The maximum atomic E-state index is 12.8. The second-order valence-electron chi connectivity index (χ2n) is 10.1. The number of carbonyl (C=O) groups is 3. The molecule has 3 N–H and O–H groups in total. The third-order valence-corrected chi connectivity index (χ3v) is 7.81. The number of carbonyl (C=O) groups excluding carboxylic acids is 2. The van der Waals surface area contributed by atoms with E-state index in [4.69, 9.17) is 9.84 Å². The van der Waals surface area contributed by atoms with Gasteiger partial charge in [0.15, 0.2) is 0 Å². The molecule has 2 aromatic carbocycles. The summed E-state index contributed by atoms with van der Waals surface area (Å²) in [5.74, 6) is -0.945. The number of carboxylic acid groups (broad SMARTS) is 1. The fraction of sp³-hybridized carbons (Fsp3) is 0.444. The second-order valence-corrected chi connectivity index (χ2v) is 10.1. The van der Waals surface area contributed by atoms with Crippen LogP contribution >= 0.6 is 0 Å². The number of alkyl carbamates (subject to hydrolysis) is 1. The van der Waals surface area contributed by atoms with E-state index in [0.29, 0.717) is 19.4 Å². The molecular weight excluding hydrogens is 432 g/mol. The number of hydrogen-bond acceptors (Lipinski definition) is 4. The van der Waals surface area contributed by atoms with Gasteiger partial charge in [-0.3, -0.25) is 9.59 Å². The second kappa shape index (κ2) is 8.78. The topological polar surface area (TPSA) is 105 Å². The normalized spacial score (nSPS) is 18.7. The van der Waals surface area contributed by atoms with Crippen LogP contribution < -0.4 is 10.6 Å². The minimum Gasteiger partial charge on any atom is -0.481 e. The number of aliphatic carboxylic acids is 1. The molecule has 0 unspecified atom stereocenters.